The Morgan fingerprint density at radius 2 is 1.94 bits per heavy atom. The highest BCUT2D eigenvalue weighted by Gasteiger charge is 2.21. The van der Waals surface area contributed by atoms with Gasteiger partial charge in [0.15, 0.2) is 0 Å². The number of fused-ring (bicyclic) bond motifs is 1. The van der Waals surface area contributed by atoms with Crippen molar-refractivity contribution in [3.8, 4) is 0 Å². The second-order valence-corrected chi connectivity index (χ2v) is 5.36. The van der Waals surface area contributed by atoms with E-state index in [0.717, 1.165) is 18.3 Å². The van der Waals surface area contributed by atoms with Crippen molar-refractivity contribution < 1.29 is 0 Å². The SMILES string of the molecule is Cc1ccc(N2CCc3ccccc32)c(CBr)c1. The Bertz CT molecular complexity index is 577. The molecule has 0 saturated carbocycles. The van der Waals surface area contributed by atoms with Crippen molar-refractivity contribution in [2.75, 3.05) is 11.4 Å². The Morgan fingerprint density at radius 1 is 1.11 bits per heavy atom. The largest absolute Gasteiger partial charge is 0.341 e. The van der Waals surface area contributed by atoms with Gasteiger partial charge in [-0.15, -0.1) is 0 Å². The molecule has 2 heteroatoms. The molecule has 0 fully saturated rings. The van der Waals surface area contributed by atoms with Gasteiger partial charge in [0.1, 0.15) is 0 Å². The predicted molar refractivity (Wildman–Crippen MR) is 81.0 cm³/mol. The summed E-state index contributed by atoms with van der Waals surface area (Å²) in [4.78, 5) is 2.44. The zero-order valence-corrected chi connectivity index (χ0v) is 12.1. The number of nitrogens with zero attached hydrogens (tertiary/aromatic N) is 1. The van der Waals surface area contributed by atoms with Crippen LogP contribution in [0.3, 0.4) is 0 Å². The van der Waals surface area contributed by atoms with Crippen molar-refractivity contribution >= 4 is 27.3 Å². The van der Waals surface area contributed by atoms with Gasteiger partial charge < -0.3 is 4.90 Å². The van der Waals surface area contributed by atoms with E-state index in [1.807, 2.05) is 0 Å². The summed E-state index contributed by atoms with van der Waals surface area (Å²) in [6.45, 7) is 3.23. The van der Waals surface area contributed by atoms with Crippen LogP contribution in [-0.2, 0) is 11.8 Å². The number of hydrogen-bond acceptors (Lipinski definition) is 1. The van der Waals surface area contributed by atoms with Gasteiger partial charge in [-0.25, -0.2) is 0 Å². The summed E-state index contributed by atoms with van der Waals surface area (Å²) >= 11 is 3.60. The van der Waals surface area contributed by atoms with E-state index in [1.165, 1.54) is 28.1 Å². The standard InChI is InChI=1S/C16H16BrN/c1-12-6-7-16(14(10-12)11-17)18-9-8-13-4-2-3-5-15(13)18/h2-7,10H,8-9,11H2,1H3. The fraction of sp³-hybridized carbons (Fsp3) is 0.250. The molecule has 0 N–H and O–H groups in total. The zero-order valence-electron chi connectivity index (χ0n) is 10.5. The number of alkyl halides is 1. The smallest absolute Gasteiger partial charge is 0.0452 e. The molecule has 0 atom stereocenters. The fourth-order valence-corrected chi connectivity index (χ4v) is 3.12. The quantitative estimate of drug-likeness (QED) is 0.734. The van der Waals surface area contributed by atoms with Gasteiger partial charge in [-0.05, 0) is 36.6 Å². The maximum Gasteiger partial charge on any atom is 0.0452 e. The van der Waals surface area contributed by atoms with Crippen LogP contribution in [0.1, 0.15) is 16.7 Å². The molecule has 0 bridgehead atoms. The van der Waals surface area contributed by atoms with Gasteiger partial charge in [0.05, 0.1) is 0 Å². The van der Waals surface area contributed by atoms with Crippen LogP contribution in [0.25, 0.3) is 0 Å². The average molecular weight is 302 g/mol. The first-order chi connectivity index (χ1) is 8.79. The van der Waals surface area contributed by atoms with Crippen LogP contribution in [-0.4, -0.2) is 6.54 Å². The lowest BCUT2D eigenvalue weighted by Gasteiger charge is -2.22. The van der Waals surface area contributed by atoms with E-state index in [2.05, 4.69) is 70.2 Å². The summed E-state index contributed by atoms with van der Waals surface area (Å²) < 4.78 is 0. The van der Waals surface area contributed by atoms with Crippen molar-refractivity contribution in [3.05, 3.63) is 59.2 Å². The first-order valence-corrected chi connectivity index (χ1v) is 7.42. The highest BCUT2D eigenvalue weighted by Crippen LogP contribution is 2.36. The van der Waals surface area contributed by atoms with Crippen molar-refractivity contribution in [2.24, 2.45) is 0 Å². The molecule has 3 rings (SSSR count). The molecule has 0 unspecified atom stereocenters. The first kappa shape index (κ1) is 11.8. The Kier molecular flexibility index (Phi) is 3.13. The number of rotatable bonds is 2. The summed E-state index contributed by atoms with van der Waals surface area (Å²) in [5.41, 5.74) is 6.84. The molecule has 92 valence electrons. The minimum absolute atomic E-state index is 0.905. The lowest BCUT2D eigenvalue weighted by molar-refractivity contribution is 0.991. The normalized spacial score (nSPS) is 13.8. The maximum absolute atomic E-state index is 3.60. The highest BCUT2D eigenvalue weighted by molar-refractivity contribution is 9.08. The van der Waals surface area contributed by atoms with Gasteiger partial charge >= 0.3 is 0 Å². The monoisotopic (exact) mass is 301 g/mol. The molecular weight excluding hydrogens is 286 g/mol. The van der Waals surface area contributed by atoms with E-state index in [4.69, 9.17) is 0 Å². The van der Waals surface area contributed by atoms with Gasteiger partial charge in [-0.2, -0.15) is 0 Å². The molecule has 0 aliphatic carbocycles. The second kappa shape index (κ2) is 4.77. The Hall–Kier alpha value is -1.28. The Balaban J connectivity index is 2.07. The number of aryl methyl sites for hydroxylation is 1. The number of halogens is 1. The minimum atomic E-state index is 0.905. The van der Waals surface area contributed by atoms with E-state index >= 15 is 0 Å². The summed E-state index contributed by atoms with van der Waals surface area (Å²) in [6, 6.07) is 15.4. The molecule has 2 aromatic rings. The van der Waals surface area contributed by atoms with Gasteiger partial charge in [0.2, 0.25) is 0 Å². The number of hydrogen-bond donors (Lipinski definition) is 0. The van der Waals surface area contributed by atoms with Crippen LogP contribution in [0.4, 0.5) is 11.4 Å². The molecule has 0 aromatic heterocycles. The van der Waals surface area contributed by atoms with Gasteiger partial charge in [-0.3, -0.25) is 0 Å². The Morgan fingerprint density at radius 3 is 2.78 bits per heavy atom. The lowest BCUT2D eigenvalue weighted by atomic mass is 10.1. The van der Waals surface area contributed by atoms with Crippen LogP contribution in [0.2, 0.25) is 0 Å². The van der Waals surface area contributed by atoms with Gasteiger partial charge in [-0.1, -0.05) is 51.8 Å². The maximum atomic E-state index is 3.60. The van der Waals surface area contributed by atoms with E-state index in [1.54, 1.807) is 0 Å². The third-order valence-electron chi connectivity index (χ3n) is 3.56. The molecule has 0 radical (unpaired) electrons. The molecular formula is C16H16BrN. The number of para-hydroxylation sites is 1. The number of benzene rings is 2. The van der Waals surface area contributed by atoms with Crippen molar-refractivity contribution in [1.29, 1.82) is 0 Å². The van der Waals surface area contributed by atoms with E-state index in [9.17, 15) is 0 Å². The molecule has 0 spiro atoms. The summed E-state index contributed by atoms with van der Waals surface area (Å²) in [6.07, 6.45) is 1.14. The van der Waals surface area contributed by atoms with Crippen LogP contribution in [0.15, 0.2) is 42.5 Å². The van der Waals surface area contributed by atoms with Crippen molar-refractivity contribution in [1.82, 2.24) is 0 Å². The average Bonchev–Trinajstić information content (AvgIpc) is 2.82. The van der Waals surface area contributed by atoms with Crippen molar-refractivity contribution in [2.45, 2.75) is 18.7 Å². The third-order valence-corrected chi connectivity index (χ3v) is 4.16. The molecule has 2 aromatic carbocycles. The molecule has 1 heterocycles. The lowest BCUT2D eigenvalue weighted by Crippen LogP contribution is -2.14. The van der Waals surface area contributed by atoms with E-state index < -0.39 is 0 Å². The van der Waals surface area contributed by atoms with Gasteiger partial charge in [0, 0.05) is 23.2 Å². The molecule has 1 aliphatic rings. The van der Waals surface area contributed by atoms with E-state index in [-0.39, 0.29) is 0 Å². The van der Waals surface area contributed by atoms with Crippen LogP contribution >= 0.6 is 15.9 Å². The van der Waals surface area contributed by atoms with Gasteiger partial charge in [0.25, 0.3) is 0 Å². The van der Waals surface area contributed by atoms with E-state index in [0.29, 0.717) is 0 Å². The molecule has 1 nitrogen and oxygen atoms in total. The molecule has 1 aliphatic heterocycles. The number of anilines is 2. The van der Waals surface area contributed by atoms with Crippen molar-refractivity contribution in [3.63, 3.8) is 0 Å². The summed E-state index contributed by atoms with van der Waals surface area (Å²) in [5.74, 6) is 0. The van der Waals surface area contributed by atoms with Crippen LogP contribution in [0, 0.1) is 6.92 Å². The van der Waals surface area contributed by atoms with Crippen LogP contribution in [0.5, 0.6) is 0 Å². The zero-order chi connectivity index (χ0) is 12.5. The molecule has 18 heavy (non-hydrogen) atoms. The topological polar surface area (TPSA) is 3.24 Å². The predicted octanol–water partition coefficient (Wildman–Crippen LogP) is 4.58. The Labute approximate surface area is 117 Å². The van der Waals surface area contributed by atoms with Crippen LogP contribution < -0.4 is 4.90 Å². The molecule has 0 amide bonds. The highest BCUT2D eigenvalue weighted by atomic mass is 79.9. The minimum Gasteiger partial charge on any atom is -0.341 e. The first-order valence-electron chi connectivity index (χ1n) is 6.30. The second-order valence-electron chi connectivity index (χ2n) is 4.80. The third kappa shape index (κ3) is 1.95. The fourth-order valence-electron chi connectivity index (χ4n) is 2.67. The summed E-state index contributed by atoms with van der Waals surface area (Å²) in [5, 5.41) is 0.905. The molecule has 0 saturated heterocycles. The summed E-state index contributed by atoms with van der Waals surface area (Å²) in [7, 11) is 0.